The molecule has 7 heteroatoms. The fraction of sp³-hybridized carbons (Fsp3) is 0.0714. The minimum absolute atomic E-state index is 0.107. The summed E-state index contributed by atoms with van der Waals surface area (Å²) in [6, 6.07) is 4.62. The third-order valence-corrected chi connectivity index (χ3v) is 2.65. The Morgan fingerprint density at radius 2 is 1.62 bits per heavy atom. The summed E-state index contributed by atoms with van der Waals surface area (Å²) in [5.41, 5.74) is -0.252. The van der Waals surface area contributed by atoms with E-state index in [0.717, 1.165) is 6.07 Å². The van der Waals surface area contributed by atoms with Crippen molar-refractivity contribution >= 4 is 11.6 Å². The maximum absolute atomic E-state index is 13.2. The summed E-state index contributed by atoms with van der Waals surface area (Å²) in [6.45, 7) is 0. The van der Waals surface area contributed by atoms with Crippen LogP contribution in [0.3, 0.4) is 0 Å². The van der Waals surface area contributed by atoms with E-state index in [1.165, 1.54) is 19.2 Å². The molecule has 0 unspecified atom stereocenters. The first-order valence-corrected chi connectivity index (χ1v) is 5.72. The number of halogens is 4. The van der Waals surface area contributed by atoms with Gasteiger partial charge in [-0.05, 0) is 24.3 Å². The average Bonchev–Trinajstić information content (AvgIpc) is 2.46. The maximum Gasteiger partial charge on any atom is 0.255 e. The van der Waals surface area contributed by atoms with E-state index in [0.29, 0.717) is 12.1 Å². The summed E-state index contributed by atoms with van der Waals surface area (Å²) >= 11 is 0. The molecule has 0 fully saturated rings. The Labute approximate surface area is 117 Å². The zero-order chi connectivity index (χ0) is 15.6. The summed E-state index contributed by atoms with van der Waals surface area (Å²) in [4.78, 5) is 11.8. The summed E-state index contributed by atoms with van der Waals surface area (Å²) in [7, 11) is 1.24. The Bertz CT molecular complexity index is 680. The van der Waals surface area contributed by atoms with Crippen LogP contribution < -0.4 is 10.1 Å². The highest BCUT2D eigenvalue weighted by atomic mass is 19.2. The first-order chi connectivity index (χ1) is 9.92. The lowest BCUT2D eigenvalue weighted by Crippen LogP contribution is -2.13. The third kappa shape index (κ3) is 3.13. The molecule has 3 nitrogen and oxygen atoms in total. The lowest BCUT2D eigenvalue weighted by molar-refractivity contribution is 0.102. The van der Waals surface area contributed by atoms with Crippen molar-refractivity contribution in [3.63, 3.8) is 0 Å². The molecule has 0 radical (unpaired) electrons. The van der Waals surface area contributed by atoms with Crippen LogP contribution in [-0.2, 0) is 0 Å². The molecule has 110 valence electrons. The molecule has 21 heavy (non-hydrogen) atoms. The molecule has 0 saturated carbocycles. The lowest BCUT2D eigenvalue weighted by atomic mass is 10.2. The van der Waals surface area contributed by atoms with Gasteiger partial charge < -0.3 is 10.1 Å². The molecule has 0 aliphatic rings. The van der Waals surface area contributed by atoms with Gasteiger partial charge >= 0.3 is 0 Å². The predicted octanol–water partition coefficient (Wildman–Crippen LogP) is 3.50. The predicted molar refractivity (Wildman–Crippen MR) is 67.2 cm³/mol. The highest BCUT2D eigenvalue weighted by Crippen LogP contribution is 2.22. The summed E-state index contributed by atoms with van der Waals surface area (Å²) in [5, 5.41) is 2.29. The van der Waals surface area contributed by atoms with Crippen molar-refractivity contribution in [1.82, 2.24) is 0 Å². The zero-order valence-corrected chi connectivity index (χ0v) is 10.7. The molecule has 0 aliphatic heterocycles. The number of rotatable bonds is 3. The minimum Gasteiger partial charge on any atom is -0.494 e. The SMILES string of the molecule is COc1cc(NC(=O)c2cc(F)c(F)c(F)c2)ccc1F. The molecular weight excluding hydrogens is 290 g/mol. The van der Waals surface area contributed by atoms with Crippen molar-refractivity contribution in [1.29, 1.82) is 0 Å². The van der Waals surface area contributed by atoms with Gasteiger partial charge in [-0.15, -0.1) is 0 Å². The molecule has 0 heterocycles. The second-order valence-electron chi connectivity index (χ2n) is 4.06. The highest BCUT2D eigenvalue weighted by molar-refractivity contribution is 6.04. The highest BCUT2D eigenvalue weighted by Gasteiger charge is 2.15. The van der Waals surface area contributed by atoms with Crippen LogP contribution in [-0.4, -0.2) is 13.0 Å². The quantitative estimate of drug-likeness (QED) is 0.696. The van der Waals surface area contributed by atoms with E-state index < -0.39 is 34.7 Å². The van der Waals surface area contributed by atoms with E-state index in [2.05, 4.69) is 5.32 Å². The number of amides is 1. The first-order valence-electron chi connectivity index (χ1n) is 5.72. The molecule has 1 amide bonds. The molecule has 2 aromatic rings. The topological polar surface area (TPSA) is 38.3 Å². The van der Waals surface area contributed by atoms with Gasteiger partial charge in [0.15, 0.2) is 29.0 Å². The Balaban J connectivity index is 2.26. The van der Waals surface area contributed by atoms with Crippen molar-refractivity contribution < 1.29 is 27.1 Å². The van der Waals surface area contributed by atoms with Crippen LogP contribution in [0.5, 0.6) is 5.75 Å². The summed E-state index contributed by atoms with van der Waals surface area (Å²) < 4.78 is 56.8. The fourth-order valence-corrected chi connectivity index (χ4v) is 1.63. The monoisotopic (exact) mass is 299 g/mol. The summed E-state index contributed by atoms with van der Waals surface area (Å²) in [6.07, 6.45) is 0. The molecule has 0 atom stereocenters. The Kier molecular flexibility index (Phi) is 4.11. The van der Waals surface area contributed by atoms with Crippen LogP contribution in [0.1, 0.15) is 10.4 Å². The third-order valence-electron chi connectivity index (χ3n) is 2.65. The minimum atomic E-state index is -1.66. The van der Waals surface area contributed by atoms with E-state index >= 15 is 0 Å². The van der Waals surface area contributed by atoms with Crippen LogP contribution in [0.25, 0.3) is 0 Å². The first kappa shape index (κ1) is 14.8. The second-order valence-corrected chi connectivity index (χ2v) is 4.06. The smallest absolute Gasteiger partial charge is 0.255 e. The van der Waals surface area contributed by atoms with Crippen LogP contribution in [0.15, 0.2) is 30.3 Å². The molecule has 0 aromatic heterocycles. The van der Waals surface area contributed by atoms with Crippen LogP contribution in [0, 0.1) is 23.3 Å². The van der Waals surface area contributed by atoms with E-state index in [1.807, 2.05) is 0 Å². The largest absolute Gasteiger partial charge is 0.494 e. The molecular formula is C14H9F4NO2. The Morgan fingerprint density at radius 3 is 2.19 bits per heavy atom. The van der Waals surface area contributed by atoms with Crippen molar-refractivity contribution in [2.45, 2.75) is 0 Å². The number of methoxy groups -OCH3 is 1. The number of hydrogen-bond acceptors (Lipinski definition) is 2. The molecule has 0 bridgehead atoms. The Hall–Kier alpha value is -2.57. The molecule has 1 N–H and O–H groups in total. The molecule has 2 rings (SSSR count). The van der Waals surface area contributed by atoms with Crippen LogP contribution in [0.4, 0.5) is 23.2 Å². The zero-order valence-electron chi connectivity index (χ0n) is 10.7. The molecule has 2 aromatic carbocycles. The van der Waals surface area contributed by atoms with E-state index in [-0.39, 0.29) is 11.4 Å². The number of nitrogens with one attached hydrogen (secondary N) is 1. The number of benzene rings is 2. The van der Waals surface area contributed by atoms with Gasteiger partial charge in [0.1, 0.15) is 0 Å². The van der Waals surface area contributed by atoms with Gasteiger partial charge in [-0.1, -0.05) is 0 Å². The van der Waals surface area contributed by atoms with Crippen molar-refractivity contribution in [2.75, 3.05) is 12.4 Å². The van der Waals surface area contributed by atoms with Gasteiger partial charge in [-0.3, -0.25) is 4.79 Å². The van der Waals surface area contributed by atoms with E-state index in [1.54, 1.807) is 0 Å². The number of carbonyl (C=O) groups excluding carboxylic acids is 1. The van der Waals surface area contributed by atoms with Crippen molar-refractivity contribution in [3.8, 4) is 5.75 Å². The van der Waals surface area contributed by atoms with Gasteiger partial charge in [0.2, 0.25) is 0 Å². The van der Waals surface area contributed by atoms with Gasteiger partial charge in [0.25, 0.3) is 5.91 Å². The average molecular weight is 299 g/mol. The Morgan fingerprint density at radius 1 is 1.00 bits per heavy atom. The molecule has 0 aliphatic carbocycles. The van der Waals surface area contributed by atoms with Gasteiger partial charge in [-0.25, -0.2) is 17.6 Å². The standard InChI is InChI=1S/C14H9F4NO2/c1-21-12-6-8(2-3-9(12)15)19-14(20)7-4-10(16)13(18)11(17)5-7/h2-6H,1H3,(H,19,20). The van der Waals surface area contributed by atoms with Gasteiger partial charge in [0.05, 0.1) is 7.11 Å². The van der Waals surface area contributed by atoms with Crippen LogP contribution in [0.2, 0.25) is 0 Å². The number of carbonyl (C=O) groups is 1. The van der Waals surface area contributed by atoms with Crippen molar-refractivity contribution in [2.24, 2.45) is 0 Å². The number of hydrogen-bond donors (Lipinski definition) is 1. The number of anilines is 1. The van der Waals surface area contributed by atoms with Crippen LogP contribution >= 0.6 is 0 Å². The van der Waals surface area contributed by atoms with E-state index in [4.69, 9.17) is 4.74 Å². The van der Waals surface area contributed by atoms with E-state index in [9.17, 15) is 22.4 Å². The maximum atomic E-state index is 13.2. The molecule has 0 saturated heterocycles. The van der Waals surface area contributed by atoms with Gasteiger partial charge in [0, 0.05) is 17.3 Å². The molecule has 0 spiro atoms. The van der Waals surface area contributed by atoms with Crippen molar-refractivity contribution in [3.05, 3.63) is 59.2 Å². The normalized spacial score (nSPS) is 10.3. The van der Waals surface area contributed by atoms with Gasteiger partial charge in [-0.2, -0.15) is 0 Å². The lowest BCUT2D eigenvalue weighted by Gasteiger charge is -2.08. The number of ether oxygens (including phenoxy) is 1. The second kappa shape index (κ2) is 5.82. The summed E-state index contributed by atoms with van der Waals surface area (Å²) in [5.74, 6) is -6.22. The fourth-order valence-electron chi connectivity index (χ4n) is 1.63.